The highest BCUT2D eigenvalue weighted by Crippen LogP contribution is 2.10. The molecule has 0 spiro atoms. The van der Waals surface area contributed by atoms with Gasteiger partial charge in [0.1, 0.15) is 0 Å². The van der Waals surface area contributed by atoms with Crippen molar-refractivity contribution in [1.82, 2.24) is 14.6 Å². The molecule has 4 heteroatoms. The van der Waals surface area contributed by atoms with Crippen LogP contribution in [0.25, 0.3) is 11.2 Å². The lowest BCUT2D eigenvalue weighted by molar-refractivity contribution is 0.928. The van der Waals surface area contributed by atoms with Crippen LogP contribution in [-0.4, -0.2) is 21.1 Å². The topological polar surface area (TPSA) is 56.2 Å². The molecule has 0 aliphatic carbocycles. The van der Waals surface area contributed by atoms with Crippen LogP contribution in [0.2, 0.25) is 0 Å². The molecular weight excluding hydrogens is 164 g/mol. The molecule has 0 bridgehead atoms. The number of nitrogens with zero attached hydrogens (tertiary/aromatic N) is 3. The first-order chi connectivity index (χ1) is 6.31. The summed E-state index contributed by atoms with van der Waals surface area (Å²) in [5.74, 6) is 0. The average molecular weight is 174 g/mol. The Hall–Kier alpha value is -1.68. The summed E-state index contributed by atoms with van der Waals surface area (Å²) < 4.78 is 1.70. The van der Waals surface area contributed by atoms with Crippen molar-refractivity contribution in [2.24, 2.45) is 5.73 Å². The molecule has 0 saturated carbocycles. The summed E-state index contributed by atoms with van der Waals surface area (Å²) in [6.07, 6.45) is 3.57. The maximum atomic E-state index is 5.46. The Morgan fingerprint density at radius 3 is 3.15 bits per heavy atom. The SMILES string of the molecule is C=C(CN)c1cc2ncccn2n1. The molecule has 2 heterocycles. The zero-order valence-electron chi connectivity index (χ0n) is 7.14. The molecule has 13 heavy (non-hydrogen) atoms. The molecule has 0 aliphatic heterocycles. The first-order valence-electron chi connectivity index (χ1n) is 4.00. The lowest BCUT2D eigenvalue weighted by atomic mass is 10.2. The van der Waals surface area contributed by atoms with Crippen LogP contribution in [0.5, 0.6) is 0 Å². The van der Waals surface area contributed by atoms with Gasteiger partial charge in [0.15, 0.2) is 5.65 Å². The summed E-state index contributed by atoms with van der Waals surface area (Å²) in [4.78, 5) is 4.14. The second kappa shape index (κ2) is 2.99. The van der Waals surface area contributed by atoms with E-state index in [4.69, 9.17) is 5.73 Å². The first kappa shape index (κ1) is 7.94. The van der Waals surface area contributed by atoms with Crippen molar-refractivity contribution in [2.45, 2.75) is 0 Å². The number of rotatable bonds is 2. The second-order valence-electron chi connectivity index (χ2n) is 2.76. The van der Waals surface area contributed by atoms with Crippen LogP contribution in [-0.2, 0) is 0 Å². The molecule has 0 aliphatic rings. The maximum Gasteiger partial charge on any atom is 0.155 e. The van der Waals surface area contributed by atoms with Gasteiger partial charge in [-0.25, -0.2) is 9.50 Å². The Kier molecular flexibility index (Phi) is 1.83. The van der Waals surface area contributed by atoms with E-state index >= 15 is 0 Å². The molecule has 0 atom stereocenters. The monoisotopic (exact) mass is 174 g/mol. The lowest BCUT2D eigenvalue weighted by Gasteiger charge is -1.93. The molecule has 2 rings (SSSR count). The summed E-state index contributed by atoms with van der Waals surface area (Å²) in [6, 6.07) is 3.70. The minimum absolute atomic E-state index is 0.421. The molecule has 66 valence electrons. The summed E-state index contributed by atoms with van der Waals surface area (Å²) in [5.41, 5.74) is 7.90. The smallest absolute Gasteiger partial charge is 0.155 e. The summed E-state index contributed by atoms with van der Waals surface area (Å²) in [5, 5.41) is 4.26. The Morgan fingerprint density at radius 1 is 1.62 bits per heavy atom. The van der Waals surface area contributed by atoms with Crippen molar-refractivity contribution in [3.8, 4) is 0 Å². The Labute approximate surface area is 75.7 Å². The van der Waals surface area contributed by atoms with Crippen LogP contribution in [0.1, 0.15) is 5.69 Å². The first-order valence-corrected chi connectivity index (χ1v) is 4.00. The number of hydrogen-bond acceptors (Lipinski definition) is 3. The van der Waals surface area contributed by atoms with Crippen molar-refractivity contribution in [3.63, 3.8) is 0 Å². The Morgan fingerprint density at radius 2 is 2.46 bits per heavy atom. The van der Waals surface area contributed by atoms with E-state index < -0.39 is 0 Å². The molecule has 0 aromatic carbocycles. The third-order valence-electron chi connectivity index (χ3n) is 1.84. The number of hydrogen-bond donors (Lipinski definition) is 1. The highest BCUT2D eigenvalue weighted by Gasteiger charge is 2.03. The van der Waals surface area contributed by atoms with E-state index in [0.29, 0.717) is 6.54 Å². The zero-order valence-corrected chi connectivity index (χ0v) is 7.14. The number of nitrogens with two attached hydrogens (primary N) is 1. The van der Waals surface area contributed by atoms with Crippen LogP contribution >= 0.6 is 0 Å². The molecule has 0 saturated heterocycles. The number of fused-ring (bicyclic) bond motifs is 1. The fourth-order valence-corrected chi connectivity index (χ4v) is 1.11. The molecule has 2 aromatic heterocycles. The zero-order chi connectivity index (χ0) is 9.26. The normalized spacial score (nSPS) is 10.5. The molecule has 0 unspecified atom stereocenters. The van der Waals surface area contributed by atoms with Crippen molar-refractivity contribution in [3.05, 3.63) is 36.8 Å². The summed E-state index contributed by atoms with van der Waals surface area (Å²) >= 11 is 0. The maximum absolute atomic E-state index is 5.46. The molecular formula is C9H10N4. The van der Waals surface area contributed by atoms with Gasteiger partial charge >= 0.3 is 0 Å². The van der Waals surface area contributed by atoms with Gasteiger partial charge in [-0.3, -0.25) is 0 Å². The van der Waals surface area contributed by atoms with Gasteiger partial charge in [-0.2, -0.15) is 5.10 Å². The van der Waals surface area contributed by atoms with E-state index in [2.05, 4.69) is 16.7 Å². The van der Waals surface area contributed by atoms with Crippen molar-refractivity contribution >= 4 is 11.2 Å². The van der Waals surface area contributed by atoms with Gasteiger partial charge in [0.25, 0.3) is 0 Å². The Balaban J connectivity index is 2.56. The minimum atomic E-state index is 0.421. The highest BCUT2D eigenvalue weighted by molar-refractivity contribution is 5.64. The highest BCUT2D eigenvalue weighted by atomic mass is 15.2. The molecule has 2 N–H and O–H groups in total. The summed E-state index contributed by atoms with van der Waals surface area (Å²) in [6.45, 7) is 4.23. The van der Waals surface area contributed by atoms with Crippen LogP contribution in [0.15, 0.2) is 31.1 Å². The minimum Gasteiger partial charge on any atom is -0.326 e. The standard InChI is InChI=1S/C9H10N4/c1-7(6-10)8-5-9-11-3-2-4-13(9)12-8/h2-5H,1,6,10H2. The van der Waals surface area contributed by atoms with Crippen LogP contribution in [0.4, 0.5) is 0 Å². The van der Waals surface area contributed by atoms with Gasteiger partial charge < -0.3 is 5.73 Å². The van der Waals surface area contributed by atoms with Crippen LogP contribution in [0, 0.1) is 0 Å². The van der Waals surface area contributed by atoms with Gasteiger partial charge in [-0.05, 0) is 11.6 Å². The predicted octanol–water partition coefficient (Wildman–Crippen LogP) is 0.701. The largest absolute Gasteiger partial charge is 0.326 e. The quantitative estimate of drug-likeness (QED) is 0.729. The van der Waals surface area contributed by atoms with E-state index in [1.165, 1.54) is 0 Å². The van der Waals surface area contributed by atoms with Gasteiger partial charge in [-0.15, -0.1) is 0 Å². The molecule has 0 amide bonds. The lowest BCUT2D eigenvalue weighted by Crippen LogP contribution is -2.01. The fraction of sp³-hybridized carbons (Fsp3) is 0.111. The average Bonchev–Trinajstić information content (AvgIpc) is 2.59. The molecule has 2 aromatic rings. The van der Waals surface area contributed by atoms with Gasteiger partial charge in [-0.1, -0.05) is 6.58 Å². The van der Waals surface area contributed by atoms with E-state index in [0.717, 1.165) is 16.9 Å². The predicted molar refractivity (Wildman–Crippen MR) is 51.1 cm³/mol. The Bertz CT molecular complexity index is 411. The van der Waals surface area contributed by atoms with Crippen molar-refractivity contribution in [2.75, 3.05) is 6.54 Å². The van der Waals surface area contributed by atoms with Crippen LogP contribution in [0.3, 0.4) is 0 Å². The van der Waals surface area contributed by atoms with Gasteiger partial charge in [0.05, 0.1) is 5.69 Å². The fourth-order valence-electron chi connectivity index (χ4n) is 1.11. The van der Waals surface area contributed by atoms with Gasteiger partial charge in [0, 0.05) is 25.0 Å². The summed E-state index contributed by atoms with van der Waals surface area (Å²) in [7, 11) is 0. The molecule has 4 nitrogen and oxygen atoms in total. The van der Waals surface area contributed by atoms with Crippen LogP contribution < -0.4 is 5.73 Å². The van der Waals surface area contributed by atoms with Gasteiger partial charge in [0.2, 0.25) is 0 Å². The number of aromatic nitrogens is 3. The third-order valence-corrected chi connectivity index (χ3v) is 1.84. The van der Waals surface area contributed by atoms with E-state index in [1.54, 1.807) is 10.7 Å². The second-order valence-corrected chi connectivity index (χ2v) is 2.76. The molecule has 0 fully saturated rings. The van der Waals surface area contributed by atoms with Crippen molar-refractivity contribution < 1.29 is 0 Å². The van der Waals surface area contributed by atoms with E-state index in [-0.39, 0.29) is 0 Å². The third kappa shape index (κ3) is 1.31. The molecule has 0 radical (unpaired) electrons. The van der Waals surface area contributed by atoms with Crippen molar-refractivity contribution in [1.29, 1.82) is 0 Å². The van der Waals surface area contributed by atoms with E-state index in [1.807, 2.05) is 18.3 Å². The van der Waals surface area contributed by atoms with E-state index in [9.17, 15) is 0 Å².